The molecule has 1 atom stereocenters. The lowest BCUT2D eigenvalue weighted by Crippen LogP contribution is -2.43. The van der Waals surface area contributed by atoms with Crippen molar-refractivity contribution in [3.8, 4) is 0 Å². The van der Waals surface area contributed by atoms with Crippen LogP contribution >= 0.6 is 15.9 Å². The molecule has 1 heterocycles. The Kier molecular flexibility index (Phi) is 3.52. The van der Waals surface area contributed by atoms with Crippen LogP contribution in [0.25, 0.3) is 0 Å². The lowest BCUT2D eigenvalue weighted by Gasteiger charge is -2.28. The van der Waals surface area contributed by atoms with Crippen LogP contribution in [-0.4, -0.2) is 11.4 Å². The van der Waals surface area contributed by atoms with E-state index in [1.54, 1.807) is 6.07 Å². The normalized spacial score (nSPS) is 23.8. The van der Waals surface area contributed by atoms with Gasteiger partial charge >= 0.3 is 0 Å². The van der Waals surface area contributed by atoms with Crippen LogP contribution in [0.3, 0.4) is 0 Å². The molecule has 92 valence electrons. The fourth-order valence-electron chi connectivity index (χ4n) is 2.34. The van der Waals surface area contributed by atoms with E-state index in [-0.39, 0.29) is 17.3 Å². The molecule has 0 bridgehead atoms. The van der Waals surface area contributed by atoms with Crippen molar-refractivity contribution in [2.45, 2.75) is 38.1 Å². The Balaban J connectivity index is 2.24. The Hall–Kier alpha value is -0.900. The van der Waals surface area contributed by atoms with Gasteiger partial charge in [0, 0.05) is 16.4 Å². The van der Waals surface area contributed by atoms with Crippen LogP contribution in [0.15, 0.2) is 22.7 Å². The molecule has 1 aromatic rings. The van der Waals surface area contributed by atoms with Gasteiger partial charge in [0.15, 0.2) is 0 Å². The number of amides is 1. The first-order valence-corrected chi connectivity index (χ1v) is 6.59. The summed E-state index contributed by atoms with van der Waals surface area (Å²) in [6, 6.07) is 4.68. The van der Waals surface area contributed by atoms with Gasteiger partial charge in [-0.05, 0) is 43.0 Å². The average Bonchev–Trinajstić information content (AvgIpc) is 2.66. The third-order valence-electron chi connectivity index (χ3n) is 3.45. The molecule has 1 aliphatic heterocycles. The third-order valence-corrected chi connectivity index (χ3v) is 4.22. The average molecular weight is 300 g/mol. The Morgan fingerprint density at radius 3 is 2.88 bits per heavy atom. The second-order valence-corrected chi connectivity index (χ2v) is 5.45. The molecule has 1 N–H and O–H groups in total. The van der Waals surface area contributed by atoms with Crippen molar-refractivity contribution in [2.75, 3.05) is 0 Å². The van der Waals surface area contributed by atoms with Crippen LogP contribution in [0.2, 0.25) is 0 Å². The number of benzene rings is 1. The zero-order chi connectivity index (χ0) is 12.5. The predicted molar refractivity (Wildman–Crippen MR) is 68.2 cm³/mol. The standard InChI is InChI=1S/C13H15BrFNO/c1-2-13(6-5-12(17)16-13)8-9-7-10(15)3-4-11(9)14/h3-4,7H,2,5-6,8H2,1H3,(H,16,17). The Bertz CT molecular complexity index is 449. The van der Waals surface area contributed by atoms with Gasteiger partial charge in [-0.2, -0.15) is 0 Å². The van der Waals surface area contributed by atoms with E-state index in [1.807, 2.05) is 0 Å². The topological polar surface area (TPSA) is 29.1 Å². The molecule has 1 fully saturated rings. The van der Waals surface area contributed by atoms with Crippen LogP contribution in [0.1, 0.15) is 31.7 Å². The molecule has 1 amide bonds. The zero-order valence-corrected chi connectivity index (χ0v) is 11.3. The van der Waals surface area contributed by atoms with Crippen molar-refractivity contribution >= 4 is 21.8 Å². The monoisotopic (exact) mass is 299 g/mol. The molecule has 1 aliphatic rings. The van der Waals surface area contributed by atoms with Crippen molar-refractivity contribution in [1.29, 1.82) is 0 Å². The molecular weight excluding hydrogens is 285 g/mol. The minimum Gasteiger partial charge on any atom is -0.350 e. The molecule has 4 heteroatoms. The first-order valence-electron chi connectivity index (χ1n) is 5.79. The van der Waals surface area contributed by atoms with Gasteiger partial charge in [0.25, 0.3) is 0 Å². The minimum atomic E-state index is -0.237. The van der Waals surface area contributed by atoms with Gasteiger partial charge in [0.1, 0.15) is 5.82 Å². The van der Waals surface area contributed by atoms with Crippen molar-refractivity contribution in [3.05, 3.63) is 34.1 Å². The molecule has 0 radical (unpaired) electrons. The number of rotatable bonds is 3. The van der Waals surface area contributed by atoms with E-state index < -0.39 is 0 Å². The van der Waals surface area contributed by atoms with Gasteiger partial charge in [-0.3, -0.25) is 4.79 Å². The van der Waals surface area contributed by atoms with Crippen molar-refractivity contribution < 1.29 is 9.18 Å². The van der Waals surface area contributed by atoms with E-state index in [2.05, 4.69) is 28.2 Å². The highest BCUT2D eigenvalue weighted by molar-refractivity contribution is 9.10. The summed E-state index contributed by atoms with van der Waals surface area (Å²) in [7, 11) is 0. The maximum absolute atomic E-state index is 13.2. The molecule has 0 saturated carbocycles. The maximum atomic E-state index is 13.2. The second-order valence-electron chi connectivity index (χ2n) is 4.59. The Labute approximate surface area is 109 Å². The van der Waals surface area contributed by atoms with Gasteiger partial charge in [-0.15, -0.1) is 0 Å². The van der Waals surface area contributed by atoms with Crippen LogP contribution < -0.4 is 5.32 Å². The molecule has 1 unspecified atom stereocenters. The second kappa shape index (κ2) is 4.77. The van der Waals surface area contributed by atoms with Gasteiger partial charge in [0.2, 0.25) is 5.91 Å². The lowest BCUT2D eigenvalue weighted by molar-refractivity contribution is -0.119. The highest BCUT2D eigenvalue weighted by Crippen LogP contribution is 2.30. The fourth-order valence-corrected chi connectivity index (χ4v) is 2.73. The number of hydrogen-bond donors (Lipinski definition) is 1. The van der Waals surface area contributed by atoms with Gasteiger partial charge < -0.3 is 5.32 Å². The van der Waals surface area contributed by atoms with E-state index >= 15 is 0 Å². The summed E-state index contributed by atoms with van der Waals surface area (Å²) in [5.41, 5.74) is 0.710. The van der Waals surface area contributed by atoms with E-state index in [0.717, 1.165) is 22.9 Å². The van der Waals surface area contributed by atoms with E-state index in [9.17, 15) is 9.18 Å². The summed E-state index contributed by atoms with van der Waals surface area (Å²) >= 11 is 3.43. The minimum absolute atomic E-state index is 0.0966. The van der Waals surface area contributed by atoms with Crippen molar-refractivity contribution in [2.24, 2.45) is 0 Å². The number of carbonyl (C=O) groups is 1. The molecule has 17 heavy (non-hydrogen) atoms. The Morgan fingerprint density at radius 2 is 2.29 bits per heavy atom. The fraction of sp³-hybridized carbons (Fsp3) is 0.462. The summed E-state index contributed by atoms with van der Waals surface area (Å²) in [5, 5.41) is 3.03. The number of hydrogen-bond acceptors (Lipinski definition) is 1. The molecule has 1 saturated heterocycles. The molecule has 0 spiro atoms. The zero-order valence-electron chi connectivity index (χ0n) is 9.72. The van der Waals surface area contributed by atoms with Crippen LogP contribution in [0, 0.1) is 5.82 Å². The quantitative estimate of drug-likeness (QED) is 0.912. The highest BCUT2D eigenvalue weighted by Gasteiger charge is 2.36. The molecule has 0 aliphatic carbocycles. The Morgan fingerprint density at radius 1 is 1.53 bits per heavy atom. The van der Waals surface area contributed by atoms with E-state index in [4.69, 9.17) is 0 Å². The smallest absolute Gasteiger partial charge is 0.220 e. The van der Waals surface area contributed by atoms with Crippen molar-refractivity contribution in [1.82, 2.24) is 5.32 Å². The van der Waals surface area contributed by atoms with Gasteiger partial charge in [0.05, 0.1) is 0 Å². The maximum Gasteiger partial charge on any atom is 0.220 e. The van der Waals surface area contributed by atoms with Crippen LogP contribution in [-0.2, 0) is 11.2 Å². The summed E-state index contributed by atoms with van der Waals surface area (Å²) in [4.78, 5) is 11.4. The lowest BCUT2D eigenvalue weighted by atomic mass is 9.87. The summed E-state index contributed by atoms with van der Waals surface area (Å²) < 4.78 is 14.1. The first kappa shape index (κ1) is 12.6. The van der Waals surface area contributed by atoms with Gasteiger partial charge in [-0.1, -0.05) is 22.9 Å². The number of halogens is 2. The predicted octanol–water partition coefficient (Wildman–Crippen LogP) is 3.19. The van der Waals surface area contributed by atoms with E-state index in [0.29, 0.717) is 12.8 Å². The van der Waals surface area contributed by atoms with E-state index in [1.165, 1.54) is 12.1 Å². The molecule has 0 aromatic heterocycles. The molecule has 1 aromatic carbocycles. The largest absolute Gasteiger partial charge is 0.350 e. The van der Waals surface area contributed by atoms with Crippen LogP contribution in [0.4, 0.5) is 4.39 Å². The third kappa shape index (κ3) is 2.68. The first-order chi connectivity index (χ1) is 8.04. The highest BCUT2D eigenvalue weighted by atomic mass is 79.9. The van der Waals surface area contributed by atoms with Crippen LogP contribution in [0.5, 0.6) is 0 Å². The number of nitrogens with one attached hydrogen (secondary N) is 1. The molecule has 2 nitrogen and oxygen atoms in total. The SMILES string of the molecule is CCC1(Cc2cc(F)ccc2Br)CCC(=O)N1. The van der Waals surface area contributed by atoms with Crippen molar-refractivity contribution in [3.63, 3.8) is 0 Å². The number of carbonyl (C=O) groups excluding carboxylic acids is 1. The summed E-state index contributed by atoms with van der Waals surface area (Å²) in [6.45, 7) is 2.05. The summed E-state index contributed by atoms with van der Waals surface area (Å²) in [6.07, 6.45) is 2.93. The molecular formula is C13H15BrFNO. The van der Waals surface area contributed by atoms with Gasteiger partial charge in [-0.25, -0.2) is 4.39 Å². The summed E-state index contributed by atoms with van der Waals surface area (Å²) in [5.74, 6) is -0.141. The molecule has 2 rings (SSSR count).